The third-order valence-electron chi connectivity index (χ3n) is 8.63. The van der Waals surface area contributed by atoms with Crippen molar-refractivity contribution in [2.24, 2.45) is 0 Å². The van der Waals surface area contributed by atoms with E-state index in [0.29, 0.717) is 88.7 Å². The summed E-state index contributed by atoms with van der Waals surface area (Å²) < 4.78 is 35.6. The van der Waals surface area contributed by atoms with Gasteiger partial charge in [-0.05, 0) is 47.5 Å². The highest BCUT2D eigenvalue weighted by Crippen LogP contribution is 2.35. The van der Waals surface area contributed by atoms with Crippen LogP contribution in [0.3, 0.4) is 0 Å². The molecule has 0 N–H and O–H groups in total. The van der Waals surface area contributed by atoms with Crippen molar-refractivity contribution in [1.29, 1.82) is 0 Å². The summed E-state index contributed by atoms with van der Waals surface area (Å²) in [6.45, 7) is 1.81. The Morgan fingerprint density at radius 1 is 0.481 bits per heavy atom. The van der Waals surface area contributed by atoms with E-state index in [1.807, 2.05) is 36.4 Å². The SMILES string of the molecule is COc1nc2cc(Br)cc(CN3C=CCN(Cc4cc(Br)cc5nc(OC)c(OC)nc45)N3Cc3cc(Br)cc4nc(OC)c(OC)nc34)c2nc1OC. The van der Waals surface area contributed by atoms with Crippen LogP contribution >= 0.6 is 47.8 Å². The topological polar surface area (TPSA) is 142 Å². The number of benzene rings is 3. The van der Waals surface area contributed by atoms with Gasteiger partial charge in [0.15, 0.2) is 0 Å². The Kier molecular flexibility index (Phi) is 11.2. The number of hydrogen-bond donors (Lipinski definition) is 0. The average Bonchev–Trinajstić information content (AvgIpc) is 3.17. The zero-order chi connectivity index (χ0) is 38.1. The van der Waals surface area contributed by atoms with Crippen LogP contribution in [0.5, 0.6) is 35.3 Å². The summed E-state index contributed by atoms with van der Waals surface area (Å²) in [7, 11) is 9.25. The van der Waals surface area contributed by atoms with E-state index in [9.17, 15) is 0 Å². The van der Waals surface area contributed by atoms with Crippen molar-refractivity contribution in [3.63, 3.8) is 0 Å². The summed E-state index contributed by atoms with van der Waals surface area (Å²) in [4.78, 5) is 28.6. The highest BCUT2D eigenvalue weighted by atomic mass is 79.9. The molecule has 18 heteroatoms. The highest BCUT2D eigenvalue weighted by molar-refractivity contribution is 9.11. The van der Waals surface area contributed by atoms with Crippen molar-refractivity contribution in [2.45, 2.75) is 19.6 Å². The third kappa shape index (κ3) is 7.40. The maximum Gasteiger partial charge on any atom is 0.278 e. The van der Waals surface area contributed by atoms with Crippen molar-refractivity contribution in [2.75, 3.05) is 49.2 Å². The second-order valence-electron chi connectivity index (χ2n) is 11.9. The summed E-state index contributed by atoms with van der Waals surface area (Å²) in [6.07, 6.45) is 4.16. The quantitative estimate of drug-likeness (QED) is 0.124. The summed E-state index contributed by atoms with van der Waals surface area (Å²) in [6, 6.07) is 11.8. The van der Waals surface area contributed by atoms with Crippen molar-refractivity contribution in [3.05, 3.63) is 78.8 Å². The fraction of sp³-hybridized carbons (Fsp3) is 0.278. The van der Waals surface area contributed by atoms with Crippen LogP contribution in [-0.2, 0) is 19.6 Å². The lowest BCUT2D eigenvalue weighted by Gasteiger charge is -2.44. The summed E-state index contributed by atoms with van der Waals surface area (Å²) >= 11 is 11.1. The lowest BCUT2D eigenvalue weighted by atomic mass is 10.1. The maximum atomic E-state index is 5.57. The summed E-state index contributed by atoms with van der Waals surface area (Å²) in [5, 5.41) is 6.51. The Balaban J connectivity index is 1.36. The Hall–Kier alpha value is -4.62. The van der Waals surface area contributed by atoms with E-state index < -0.39 is 0 Å². The van der Waals surface area contributed by atoms with E-state index >= 15 is 0 Å². The molecule has 3 aromatic heterocycles. The number of hydrogen-bond acceptors (Lipinski definition) is 15. The van der Waals surface area contributed by atoms with Crippen LogP contribution in [0.1, 0.15) is 16.7 Å². The van der Waals surface area contributed by atoms with Gasteiger partial charge in [0.1, 0.15) is 0 Å². The van der Waals surface area contributed by atoms with Crippen LogP contribution in [0.2, 0.25) is 0 Å². The van der Waals surface area contributed by atoms with E-state index in [4.69, 9.17) is 58.3 Å². The fourth-order valence-corrected chi connectivity index (χ4v) is 7.74. The van der Waals surface area contributed by atoms with E-state index in [1.165, 1.54) is 21.3 Å². The molecule has 6 aromatic rings. The van der Waals surface area contributed by atoms with Gasteiger partial charge < -0.3 is 28.4 Å². The minimum atomic E-state index is 0.285. The fourth-order valence-electron chi connectivity index (χ4n) is 6.26. The molecule has 15 nitrogen and oxygen atoms in total. The molecule has 1 aliphatic rings. The largest absolute Gasteiger partial charge is 0.477 e. The number of aromatic nitrogens is 6. The average molecular weight is 928 g/mol. The molecule has 0 unspecified atom stereocenters. The first-order valence-corrected chi connectivity index (χ1v) is 18.7. The summed E-state index contributed by atoms with van der Waals surface area (Å²) in [5.74, 6) is 1.77. The molecule has 0 spiro atoms. The lowest BCUT2D eigenvalue weighted by Crippen LogP contribution is -2.52. The molecule has 0 fully saturated rings. The Morgan fingerprint density at radius 2 is 0.833 bits per heavy atom. The minimum absolute atomic E-state index is 0.285. The molecular formula is C36H34Br3N9O6. The van der Waals surface area contributed by atoms with Crippen LogP contribution in [0.15, 0.2) is 62.1 Å². The van der Waals surface area contributed by atoms with E-state index in [0.717, 1.165) is 30.1 Å². The third-order valence-corrected chi connectivity index (χ3v) is 10.0. The molecule has 0 radical (unpaired) electrons. The van der Waals surface area contributed by atoms with Gasteiger partial charge in [-0.1, -0.05) is 53.9 Å². The molecule has 0 saturated carbocycles. The molecule has 280 valence electrons. The molecule has 0 amide bonds. The van der Waals surface area contributed by atoms with Gasteiger partial charge in [0.05, 0.1) is 88.8 Å². The first-order chi connectivity index (χ1) is 26.2. The predicted molar refractivity (Wildman–Crippen MR) is 212 cm³/mol. The molecule has 0 atom stereocenters. The smallest absolute Gasteiger partial charge is 0.278 e. The van der Waals surface area contributed by atoms with Crippen molar-refractivity contribution >= 4 is 80.9 Å². The van der Waals surface area contributed by atoms with Crippen LogP contribution < -0.4 is 28.4 Å². The van der Waals surface area contributed by atoms with Crippen molar-refractivity contribution < 1.29 is 28.4 Å². The lowest BCUT2D eigenvalue weighted by molar-refractivity contribution is -0.182. The Bertz CT molecular complexity index is 2420. The predicted octanol–water partition coefficient (Wildman–Crippen LogP) is 7.02. The van der Waals surface area contributed by atoms with E-state index in [2.05, 4.69) is 75.2 Å². The van der Waals surface area contributed by atoms with Gasteiger partial charge >= 0.3 is 0 Å². The van der Waals surface area contributed by atoms with Crippen LogP contribution in [0.25, 0.3) is 33.1 Å². The monoisotopic (exact) mass is 925 g/mol. The van der Waals surface area contributed by atoms with Gasteiger partial charge in [0.25, 0.3) is 35.3 Å². The molecule has 0 saturated heterocycles. The highest BCUT2D eigenvalue weighted by Gasteiger charge is 2.28. The molecule has 1 aliphatic heterocycles. The maximum absolute atomic E-state index is 5.57. The Morgan fingerprint density at radius 3 is 1.22 bits per heavy atom. The molecule has 54 heavy (non-hydrogen) atoms. The van der Waals surface area contributed by atoms with E-state index in [-0.39, 0.29) is 5.88 Å². The molecule has 3 aromatic carbocycles. The van der Waals surface area contributed by atoms with Crippen LogP contribution in [0, 0.1) is 0 Å². The number of hydrazine groups is 2. The number of ether oxygens (including phenoxy) is 6. The molecular weight excluding hydrogens is 894 g/mol. The van der Waals surface area contributed by atoms with Crippen molar-refractivity contribution in [3.8, 4) is 35.3 Å². The number of rotatable bonds is 12. The first kappa shape index (κ1) is 37.7. The van der Waals surface area contributed by atoms with E-state index in [1.54, 1.807) is 21.3 Å². The minimum Gasteiger partial charge on any atom is -0.477 e. The summed E-state index contributed by atoms with van der Waals surface area (Å²) in [5.41, 5.74) is 6.66. The van der Waals surface area contributed by atoms with Gasteiger partial charge in [-0.15, -0.1) is 5.12 Å². The molecule has 4 heterocycles. The van der Waals surface area contributed by atoms with Gasteiger partial charge in [-0.2, -0.15) is 0 Å². The molecule has 0 aliphatic carbocycles. The normalized spacial score (nSPS) is 13.5. The second kappa shape index (κ2) is 16.0. The van der Waals surface area contributed by atoms with Crippen LogP contribution in [-0.4, -0.2) is 94.2 Å². The number of nitrogens with zero attached hydrogens (tertiary/aromatic N) is 9. The molecule has 7 rings (SSSR count). The second-order valence-corrected chi connectivity index (χ2v) is 14.6. The number of fused-ring (bicyclic) bond motifs is 3. The molecule has 0 bridgehead atoms. The zero-order valence-electron chi connectivity index (χ0n) is 30.1. The zero-order valence-corrected chi connectivity index (χ0v) is 34.8. The van der Waals surface area contributed by atoms with Crippen LogP contribution in [0.4, 0.5) is 0 Å². The van der Waals surface area contributed by atoms with Crippen molar-refractivity contribution in [1.82, 2.24) is 45.0 Å². The van der Waals surface area contributed by atoms with Gasteiger partial charge in [-0.25, -0.2) is 34.9 Å². The Labute approximate surface area is 335 Å². The van der Waals surface area contributed by atoms with Gasteiger partial charge in [-0.3, -0.25) is 5.01 Å². The first-order valence-electron chi connectivity index (χ1n) is 16.4. The van der Waals surface area contributed by atoms with Gasteiger partial charge in [0.2, 0.25) is 0 Å². The van der Waals surface area contributed by atoms with Gasteiger partial charge in [0, 0.05) is 38.3 Å². The number of halogens is 3. The standard InChI is InChI=1S/C36H34Br3N9O6/c1-49-31-34(52-4)43-28-19(10-22(37)13-25(28)40-31)16-46-8-7-9-47(17-20-11-23(38)14-26-29(20)44-35(53-5)32(41-26)50-2)48(46)18-21-12-24(39)15-27-30(21)45-36(54-6)33(42-27)51-3/h7-8,10-15H,9,16-18H2,1-6H3. The number of methoxy groups -OCH3 is 6.